The van der Waals surface area contributed by atoms with Gasteiger partial charge in [-0.05, 0) is 68.9 Å². The second-order valence-electron chi connectivity index (χ2n) is 17.4. The second-order valence-corrected chi connectivity index (χ2v) is 17.4. The smallest absolute Gasteiger partial charge is 0.326 e. The molecule has 1 rings (SSSR count). The average molecular weight is 950 g/mol. The standard InChI is InChI=1S/C45H75N9O13/c1-8-25(5)35(52-38(59)29(47)23-55)42(63)53-36(26(6)9-2)43(64)54-37(27(7)56)44(65)50-32(22-28-15-11-10-12-16-28)41(62)49-31(18-19-34(57)58)40(61)48-30(17-13-14-20-46)39(60)51-33(45(66)67)21-24(3)4/h10-12,15-16,24-27,29-33,35-37,55-56H,8-9,13-14,17-23,46-47H2,1-7H3,(H,48,61)(H,49,62)(H,50,65)(H,51,60)(H,52,59)(H,53,63)(H,54,64)(H,57,58)(H,66,67)/t25-,26-,27+,29-,30-,31-,32-,33-,35-,36-,37-/m0/s1. The Kier molecular flexibility index (Phi) is 27.0. The number of nitrogens with two attached hydrogens (primary N) is 2. The summed E-state index contributed by atoms with van der Waals surface area (Å²) in [5.74, 6) is -9.94. The van der Waals surface area contributed by atoms with Crippen molar-refractivity contribution in [3.05, 3.63) is 35.9 Å². The third-order valence-electron chi connectivity index (χ3n) is 11.3. The molecule has 0 aliphatic heterocycles. The molecule has 1 aromatic rings. The van der Waals surface area contributed by atoms with Crippen LogP contribution >= 0.6 is 0 Å². The predicted octanol–water partition coefficient (Wildman–Crippen LogP) is -1.46. The Labute approximate surface area is 392 Å². The largest absolute Gasteiger partial charge is 0.481 e. The number of unbranched alkanes of at least 4 members (excludes halogenated alkanes) is 1. The fourth-order valence-corrected chi connectivity index (χ4v) is 6.77. The van der Waals surface area contributed by atoms with Crippen LogP contribution < -0.4 is 48.7 Å². The molecule has 0 heterocycles. The molecule has 22 nitrogen and oxygen atoms in total. The van der Waals surface area contributed by atoms with Crippen molar-refractivity contribution in [3.63, 3.8) is 0 Å². The molecule has 0 aliphatic carbocycles. The van der Waals surface area contributed by atoms with E-state index in [0.29, 0.717) is 31.2 Å². The first kappa shape index (κ1) is 59.3. The van der Waals surface area contributed by atoms with E-state index in [0.717, 1.165) is 0 Å². The Hall–Kier alpha value is -5.71. The SMILES string of the molecule is CC[C@H](C)[C@H](NC(=O)[C@@H](NC(=O)[C@@H](N)CO)[C@@H](C)CC)C(=O)N[C@H](C(=O)N[C@@H](Cc1ccccc1)C(=O)N[C@@H](CCC(=O)O)C(=O)N[C@@H](CCCCN)C(=O)N[C@@H](CC(C)C)C(=O)O)[C@@H](C)O. The number of carbonyl (C=O) groups excluding carboxylic acids is 7. The molecule has 378 valence electrons. The van der Waals surface area contributed by atoms with Gasteiger partial charge in [0.15, 0.2) is 0 Å². The Balaban J connectivity index is 3.55. The van der Waals surface area contributed by atoms with Gasteiger partial charge >= 0.3 is 11.9 Å². The van der Waals surface area contributed by atoms with Gasteiger partial charge in [0, 0.05) is 12.8 Å². The number of aliphatic hydroxyl groups is 2. The maximum Gasteiger partial charge on any atom is 0.326 e. The minimum atomic E-state index is -1.72. The first-order chi connectivity index (χ1) is 31.5. The highest BCUT2D eigenvalue weighted by Gasteiger charge is 2.37. The van der Waals surface area contributed by atoms with Gasteiger partial charge in [0.1, 0.15) is 48.3 Å². The van der Waals surface area contributed by atoms with Crippen LogP contribution in [-0.2, 0) is 49.6 Å². The van der Waals surface area contributed by atoms with E-state index in [4.69, 9.17) is 11.5 Å². The van der Waals surface area contributed by atoms with E-state index in [1.165, 1.54) is 6.92 Å². The Morgan fingerprint density at radius 3 is 1.48 bits per heavy atom. The fraction of sp³-hybridized carbons (Fsp3) is 0.667. The third-order valence-corrected chi connectivity index (χ3v) is 11.3. The van der Waals surface area contributed by atoms with Crippen LogP contribution in [-0.4, -0.2) is 141 Å². The number of benzene rings is 1. The zero-order valence-corrected chi connectivity index (χ0v) is 39.7. The van der Waals surface area contributed by atoms with Crippen LogP contribution in [0.1, 0.15) is 105 Å². The summed E-state index contributed by atoms with van der Waals surface area (Å²) >= 11 is 0. The minimum Gasteiger partial charge on any atom is -0.481 e. The van der Waals surface area contributed by atoms with Crippen molar-refractivity contribution in [2.45, 2.75) is 161 Å². The summed E-state index contributed by atoms with van der Waals surface area (Å²) in [7, 11) is 0. The van der Waals surface area contributed by atoms with E-state index >= 15 is 0 Å². The second kappa shape index (κ2) is 30.6. The fourth-order valence-electron chi connectivity index (χ4n) is 6.77. The number of carboxylic acids is 2. The van der Waals surface area contributed by atoms with E-state index in [1.807, 2.05) is 0 Å². The van der Waals surface area contributed by atoms with Crippen molar-refractivity contribution in [1.82, 2.24) is 37.2 Å². The monoisotopic (exact) mass is 950 g/mol. The molecule has 0 aromatic heterocycles. The molecular formula is C45H75N9O13. The zero-order chi connectivity index (χ0) is 51.0. The summed E-state index contributed by atoms with van der Waals surface area (Å²) in [5.41, 5.74) is 11.8. The van der Waals surface area contributed by atoms with E-state index in [9.17, 15) is 63.6 Å². The van der Waals surface area contributed by atoms with E-state index in [-0.39, 0.29) is 31.7 Å². The van der Waals surface area contributed by atoms with Crippen LogP contribution in [0.15, 0.2) is 30.3 Å². The van der Waals surface area contributed by atoms with Crippen LogP contribution in [0.2, 0.25) is 0 Å². The quantitative estimate of drug-likeness (QED) is 0.0367. The molecule has 0 radical (unpaired) electrons. The van der Waals surface area contributed by atoms with Gasteiger partial charge in [0.25, 0.3) is 0 Å². The van der Waals surface area contributed by atoms with Crippen LogP contribution in [0.3, 0.4) is 0 Å². The van der Waals surface area contributed by atoms with Crippen molar-refractivity contribution >= 4 is 53.3 Å². The molecular weight excluding hydrogens is 875 g/mol. The van der Waals surface area contributed by atoms with Gasteiger partial charge < -0.3 is 69.1 Å². The lowest BCUT2D eigenvalue weighted by atomic mass is 9.94. The molecule has 1 aromatic carbocycles. The highest BCUT2D eigenvalue weighted by atomic mass is 16.4. The minimum absolute atomic E-state index is 0.0252. The van der Waals surface area contributed by atoms with Crippen molar-refractivity contribution in [1.29, 1.82) is 0 Å². The normalized spacial score (nSPS) is 16.2. The molecule has 0 bridgehead atoms. The molecule has 7 amide bonds. The van der Waals surface area contributed by atoms with E-state index in [1.54, 1.807) is 71.9 Å². The molecule has 0 saturated heterocycles. The number of carbonyl (C=O) groups is 9. The zero-order valence-electron chi connectivity index (χ0n) is 39.7. The molecule has 22 heteroatoms. The van der Waals surface area contributed by atoms with Crippen LogP contribution in [0.25, 0.3) is 0 Å². The maximum absolute atomic E-state index is 14.2. The van der Waals surface area contributed by atoms with Gasteiger partial charge in [0.2, 0.25) is 41.4 Å². The Morgan fingerprint density at radius 2 is 1.03 bits per heavy atom. The lowest BCUT2D eigenvalue weighted by molar-refractivity contribution is -0.143. The van der Waals surface area contributed by atoms with Crippen LogP contribution in [0.5, 0.6) is 0 Å². The van der Waals surface area contributed by atoms with E-state index in [2.05, 4.69) is 37.2 Å². The van der Waals surface area contributed by atoms with Crippen molar-refractivity contribution in [2.24, 2.45) is 29.2 Å². The first-order valence-corrected chi connectivity index (χ1v) is 22.9. The summed E-state index contributed by atoms with van der Waals surface area (Å²) in [5, 5.41) is 57.1. The number of hydrogen-bond acceptors (Lipinski definition) is 13. The van der Waals surface area contributed by atoms with Gasteiger partial charge in [-0.25, -0.2) is 4.79 Å². The first-order valence-electron chi connectivity index (χ1n) is 22.9. The van der Waals surface area contributed by atoms with Crippen molar-refractivity contribution in [2.75, 3.05) is 13.2 Å². The van der Waals surface area contributed by atoms with Crippen molar-refractivity contribution in [3.8, 4) is 0 Å². The lowest BCUT2D eigenvalue weighted by Gasteiger charge is -2.31. The summed E-state index contributed by atoms with van der Waals surface area (Å²) in [6.45, 7) is 11.2. The highest BCUT2D eigenvalue weighted by Crippen LogP contribution is 2.15. The highest BCUT2D eigenvalue weighted by molar-refractivity contribution is 5.98. The molecule has 0 aliphatic rings. The molecule has 67 heavy (non-hydrogen) atoms. The number of rotatable bonds is 32. The Bertz CT molecular complexity index is 1780. The summed E-state index contributed by atoms with van der Waals surface area (Å²) in [4.78, 5) is 119. The summed E-state index contributed by atoms with van der Waals surface area (Å²) in [6.07, 6.45) is -1.16. The van der Waals surface area contributed by atoms with E-state index < -0.39 is 139 Å². The third kappa shape index (κ3) is 21.2. The average Bonchev–Trinajstić information content (AvgIpc) is 3.28. The van der Waals surface area contributed by atoms with Gasteiger partial charge in [-0.1, -0.05) is 84.7 Å². The number of aliphatic carboxylic acids is 2. The number of hydrogen-bond donors (Lipinski definition) is 13. The lowest BCUT2D eigenvalue weighted by Crippen LogP contribution is -2.63. The number of amides is 7. The van der Waals surface area contributed by atoms with Gasteiger partial charge in [0.05, 0.1) is 12.7 Å². The van der Waals surface area contributed by atoms with Gasteiger partial charge in [-0.15, -0.1) is 0 Å². The molecule has 0 unspecified atom stereocenters. The Morgan fingerprint density at radius 1 is 0.582 bits per heavy atom. The number of carboxylic acid groups (broad SMARTS) is 2. The van der Waals surface area contributed by atoms with Crippen LogP contribution in [0, 0.1) is 17.8 Å². The van der Waals surface area contributed by atoms with Gasteiger partial charge in [-0.3, -0.25) is 38.4 Å². The molecule has 11 atom stereocenters. The molecule has 0 saturated carbocycles. The summed E-state index contributed by atoms with van der Waals surface area (Å²) < 4.78 is 0. The molecule has 0 fully saturated rings. The summed E-state index contributed by atoms with van der Waals surface area (Å²) in [6, 6.07) is -2.85. The molecule has 0 spiro atoms. The topological polar surface area (TPSA) is 371 Å². The van der Waals surface area contributed by atoms with Crippen molar-refractivity contribution < 1.29 is 63.6 Å². The predicted molar refractivity (Wildman–Crippen MR) is 246 cm³/mol. The number of aliphatic hydroxyl groups excluding tert-OH is 2. The molecule has 15 N–H and O–H groups in total. The van der Waals surface area contributed by atoms with Gasteiger partial charge in [-0.2, -0.15) is 0 Å². The number of nitrogens with one attached hydrogen (secondary N) is 7. The maximum atomic E-state index is 14.2. The van der Waals surface area contributed by atoms with Crippen LogP contribution in [0.4, 0.5) is 0 Å².